The molecule has 1 N–H and O–H groups in total. The van der Waals surface area contributed by atoms with E-state index in [-0.39, 0.29) is 11.0 Å². The van der Waals surface area contributed by atoms with Crippen LogP contribution in [0.4, 0.5) is 0 Å². The van der Waals surface area contributed by atoms with Crippen molar-refractivity contribution >= 4 is 0 Å². The Hall–Kier alpha value is -1.02. The summed E-state index contributed by atoms with van der Waals surface area (Å²) in [6.45, 7) is 12.5. The summed E-state index contributed by atoms with van der Waals surface area (Å²) in [6, 6.07) is 8.60. The van der Waals surface area contributed by atoms with Gasteiger partial charge >= 0.3 is 0 Å². The van der Waals surface area contributed by atoms with Gasteiger partial charge < -0.3 is 10.1 Å². The Morgan fingerprint density at radius 2 is 1.85 bits per heavy atom. The van der Waals surface area contributed by atoms with Crippen molar-refractivity contribution in [1.29, 1.82) is 0 Å². The van der Waals surface area contributed by atoms with E-state index in [4.69, 9.17) is 4.74 Å². The Bertz CT molecular complexity index is 463. The molecule has 0 radical (unpaired) electrons. The van der Waals surface area contributed by atoms with E-state index in [9.17, 15) is 0 Å². The molecule has 1 saturated carbocycles. The lowest BCUT2D eigenvalue weighted by Crippen LogP contribution is -2.55. The number of methoxy groups -OCH3 is 1. The van der Waals surface area contributed by atoms with Gasteiger partial charge in [-0.25, -0.2) is 0 Å². The molecule has 2 heteroatoms. The summed E-state index contributed by atoms with van der Waals surface area (Å²) in [6.07, 6.45) is 2.46. The van der Waals surface area contributed by atoms with Crippen LogP contribution >= 0.6 is 0 Å². The van der Waals surface area contributed by atoms with Crippen LogP contribution in [-0.2, 0) is 5.41 Å². The molecular weight excluding hydrogens is 246 g/mol. The van der Waals surface area contributed by atoms with E-state index >= 15 is 0 Å². The Labute approximate surface area is 123 Å². The average Bonchev–Trinajstić information content (AvgIpc) is 2.32. The zero-order valence-electron chi connectivity index (χ0n) is 13.8. The number of nitrogens with one attached hydrogen (secondary N) is 1. The molecule has 0 aromatic heterocycles. The molecule has 2 rings (SSSR count). The third kappa shape index (κ3) is 3.35. The molecule has 0 saturated heterocycles. The lowest BCUT2D eigenvalue weighted by molar-refractivity contribution is 0.0511. The normalized spacial score (nSPS) is 20.3. The van der Waals surface area contributed by atoms with Gasteiger partial charge in [0.15, 0.2) is 0 Å². The van der Waals surface area contributed by atoms with E-state index in [1.807, 2.05) is 6.07 Å². The van der Waals surface area contributed by atoms with Gasteiger partial charge in [0.05, 0.1) is 7.11 Å². The fraction of sp³-hybridized carbons (Fsp3) is 0.667. The lowest BCUT2D eigenvalue weighted by Gasteiger charge is -2.54. The maximum atomic E-state index is 5.40. The molecule has 20 heavy (non-hydrogen) atoms. The second-order valence-corrected chi connectivity index (χ2v) is 8.13. The van der Waals surface area contributed by atoms with Crippen LogP contribution in [0.15, 0.2) is 24.3 Å². The molecule has 0 heterocycles. The fourth-order valence-electron chi connectivity index (χ4n) is 3.60. The van der Waals surface area contributed by atoms with Crippen molar-refractivity contribution in [3.05, 3.63) is 29.8 Å². The molecule has 0 amide bonds. The van der Waals surface area contributed by atoms with Crippen LogP contribution in [0.5, 0.6) is 5.75 Å². The zero-order chi connectivity index (χ0) is 15.0. The number of ether oxygens (including phenoxy) is 1. The molecule has 1 aromatic rings. The SMILES string of the molecule is COc1cccc(C2(CNC(C)(C)C)CC(C)(C)C2)c1. The summed E-state index contributed by atoms with van der Waals surface area (Å²) in [5, 5.41) is 3.70. The molecular formula is C18H29NO. The smallest absolute Gasteiger partial charge is 0.119 e. The maximum Gasteiger partial charge on any atom is 0.119 e. The van der Waals surface area contributed by atoms with E-state index in [2.05, 4.69) is 58.1 Å². The number of hydrogen-bond donors (Lipinski definition) is 1. The standard InChI is InChI=1S/C18H29NO/c1-16(2,3)19-13-18(11-17(4,5)12-18)14-8-7-9-15(10-14)20-6/h7-10,19H,11-13H2,1-6H3. The van der Waals surface area contributed by atoms with Gasteiger partial charge in [0.25, 0.3) is 0 Å². The number of benzene rings is 1. The van der Waals surface area contributed by atoms with Crippen molar-refractivity contribution in [3.8, 4) is 5.75 Å². The largest absolute Gasteiger partial charge is 0.497 e. The Morgan fingerprint density at radius 1 is 1.20 bits per heavy atom. The summed E-state index contributed by atoms with van der Waals surface area (Å²) < 4.78 is 5.40. The van der Waals surface area contributed by atoms with Crippen molar-refractivity contribution in [1.82, 2.24) is 5.32 Å². The van der Waals surface area contributed by atoms with Gasteiger partial charge in [0.1, 0.15) is 5.75 Å². The quantitative estimate of drug-likeness (QED) is 0.891. The van der Waals surface area contributed by atoms with Crippen LogP contribution in [0.3, 0.4) is 0 Å². The zero-order valence-corrected chi connectivity index (χ0v) is 13.8. The number of hydrogen-bond acceptors (Lipinski definition) is 2. The highest BCUT2D eigenvalue weighted by Gasteiger charge is 2.50. The first-order valence-electron chi connectivity index (χ1n) is 7.56. The minimum atomic E-state index is 0.158. The Morgan fingerprint density at radius 3 is 2.35 bits per heavy atom. The summed E-state index contributed by atoms with van der Waals surface area (Å²) in [5.74, 6) is 0.960. The molecule has 1 aliphatic carbocycles. The summed E-state index contributed by atoms with van der Waals surface area (Å²) >= 11 is 0. The summed E-state index contributed by atoms with van der Waals surface area (Å²) in [5.41, 5.74) is 2.27. The molecule has 0 aliphatic heterocycles. The van der Waals surface area contributed by atoms with Gasteiger partial charge in [-0.05, 0) is 56.7 Å². The van der Waals surface area contributed by atoms with Crippen LogP contribution in [0.2, 0.25) is 0 Å². The van der Waals surface area contributed by atoms with Gasteiger partial charge in [0.2, 0.25) is 0 Å². The summed E-state index contributed by atoms with van der Waals surface area (Å²) in [4.78, 5) is 0. The van der Waals surface area contributed by atoms with Gasteiger partial charge in [0, 0.05) is 17.5 Å². The lowest BCUT2D eigenvalue weighted by atomic mass is 9.51. The minimum Gasteiger partial charge on any atom is -0.497 e. The van der Waals surface area contributed by atoms with Crippen molar-refractivity contribution in [3.63, 3.8) is 0 Å². The van der Waals surface area contributed by atoms with Crippen LogP contribution in [0, 0.1) is 5.41 Å². The number of rotatable bonds is 4. The minimum absolute atomic E-state index is 0.158. The van der Waals surface area contributed by atoms with E-state index in [1.165, 1.54) is 18.4 Å². The first-order valence-corrected chi connectivity index (χ1v) is 7.56. The third-order valence-corrected chi connectivity index (χ3v) is 4.27. The van der Waals surface area contributed by atoms with Gasteiger partial charge in [-0.15, -0.1) is 0 Å². The van der Waals surface area contributed by atoms with Gasteiger partial charge in [-0.1, -0.05) is 26.0 Å². The Kier molecular flexibility index (Phi) is 3.90. The van der Waals surface area contributed by atoms with E-state index < -0.39 is 0 Å². The third-order valence-electron chi connectivity index (χ3n) is 4.27. The maximum absolute atomic E-state index is 5.40. The second-order valence-electron chi connectivity index (χ2n) is 8.13. The Balaban J connectivity index is 2.23. The molecule has 1 aromatic carbocycles. The monoisotopic (exact) mass is 275 g/mol. The first-order chi connectivity index (χ1) is 9.16. The molecule has 112 valence electrons. The summed E-state index contributed by atoms with van der Waals surface area (Å²) in [7, 11) is 1.74. The molecule has 0 atom stereocenters. The fourth-order valence-corrected chi connectivity index (χ4v) is 3.60. The van der Waals surface area contributed by atoms with Crippen LogP contribution < -0.4 is 10.1 Å². The first kappa shape index (κ1) is 15.4. The van der Waals surface area contributed by atoms with Crippen molar-refractivity contribution < 1.29 is 4.74 Å². The molecule has 1 fully saturated rings. The highest BCUT2D eigenvalue weighted by atomic mass is 16.5. The van der Waals surface area contributed by atoms with Gasteiger partial charge in [-0.3, -0.25) is 0 Å². The van der Waals surface area contributed by atoms with E-state index in [0.717, 1.165) is 12.3 Å². The van der Waals surface area contributed by atoms with Crippen molar-refractivity contribution in [2.75, 3.05) is 13.7 Å². The predicted molar refractivity (Wildman–Crippen MR) is 85.4 cm³/mol. The van der Waals surface area contributed by atoms with Crippen LogP contribution in [0.1, 0.15) is 53.0 Å². The van der Waals surface area contributed by atoms with Crippen molar-refractivity contribution in [2.24, 2.45) is 5.41 Å². The topological polar surface area (TPSA) is 21.3 Å². The molecule has 0 spiro atoms. The highest BCUT2D eigenvalue weighted by molar-refractivity contribution is 5.37. The molecule has 0 bridgehead atoms. The van der Waals surface area contributed by atoms with Crippen molar-refractivity contribution in [2.45, 2.75) is 58.4 Å². The second kappa shape index (κ2) is 5.07. The van der Waals surface area contributed by atoms with E-state index in [0.29, 0.717) is 5.41 Å². The molecule has 2 nitrogen and oxygen atoms in total. The van der Waals surface area contributed by atoms with Crippen LogP contribution in [0.25, 0.3) is 0 Å². The molecule has 0 unspecified atom stereocenters. The molecule has 1 aliphatic rings. The highest BCUT2D eigenvalue weighted by Crippen LogP contribution is 2.55. The predicted octanol–water partition coefficient (Wildman–Crippen LogP) is 4.14. The van der Waals surface area contributed by atoms with E-state index in [1.54, 1.807) is 7.11 Å². The van der Waals surface area contributed by atoms with Gasteiger partial charge in [-0.2, -0.15) is 0 Å². The van der Waals surface area contributed by atoms with Crippen LogP contribution in [-0.4, -0.2) is 19.2 Å². The average molecular weight is 275 g/mol.